The van der Waals surface area contributed by atoms with Gasteiger partial charge in [0.2, 0.25) is 0 Å². The molecule has 0 atom stereocenters. The third-order valence-electron chi connectivity index (χ3n) is 3.88. The molecule has 0 saturated carbocycles. The van der Waals surface area contributed by atoms with Crippen LogP contribution < -0.4 is 5.32 Å². The van der Waals surface area contributed by atoms with Crippen LogP contribution in [0.25, 0.3) is 0 Å². The average Bonchev–Trinajstić information content (AvgIpc) is 3.12. The highest BCUT2D eigenvalue weighted by molar-refractivity contribution is 6.09. The van der Waals surface area contributed by atoms with E-state index in [-0.39, 0.29) is 29.4 Å². The first-order valence-corrected chi connectivity index (χ1v) is 7.71. The first-order chi connectivity index (χ1) is 12.4. The van der Waals surface area contributed by atoms with Gasteiger partial charge in [0, 0.05) is 24.4 Å². The Hall–Kier alpha value is -3.49. The first kappa shape index (κ1) is 17.3. The van der Waals surface area contributed by atoms with Crippen molar-refractivity contribution in [2.75, 3.05) is 5.32 Å². The molecule has 9 heteroatoms. The van der Waals surface area contributed by atoms with Crippen molar-refractivity contribution in [3.8, 4) is 0 Å². The van der Waals surface area contributed by atoms with E-state index >= 15 is 0 Å². The van der Waals surface area contributed by atoms with Gasteiger partial charge in [0.1, 0.15) is 17.1 Å². The lowest BCUT2D eigenvalue weighted by Gasteiger charge is -2.06. The monoisotopic (exact) mass is 357 g/mol. The zero-order valence-electron chi connectivity index (χ0n) is 14.1. The second-order valence-corrected chi connectivity index (χ2v) is 5.71. The summed E-state index contributed by atoms with van der Waals surface area (Å²) >= 11 is 0. The predicted octanol–water partition coefficient (Wildman–Crippen LogP) is 2.06. The number of carbonyl (C=O) groups excluding carboxylic acids is 1. The molecule has 8 nitrogen and oxygen atoms in total. The Kier molecular flexibility index (Phi) is 4.53. The van der Waals surface area contributed by atoms with Gasteiger partial charge in [-0.1, -0.05) is 18.2 Å². The minimum absolute atomic E-state index is 0.0844. The van der Waals surface area contributed by atoms with E-state index in [4.69, 9.17) is 5.11 Å². The molecule has 0 aliphatic heterocycles. The molecule has 0 saturated heterocycles. The summed E-state index contributed by atoms with van der Waals surface area (Å²) in [7, 11) is 1.48. The third kappa shape index (κ3) is 3.32. The number of hydrogen-bond donors (Lipinski definition) is 2. The summed E-state index contributed by atoms with van der Waals surface area (Å²) in [5, 5.41) is 19.7. The van der Waals surface area contributed by atoms with Crippen LogP contribution >= 0.6 is 0 Å². The lowest BCUT2D eigenvalue weighted by Crippen LogP contribution is -2.19. The molecule has 26 heavy (non-hydrogen) atoms. The number of aryl methyl sites for hydroxylation is 2. The quantitative estimate of drug-likeness (QED) is 0.728. The molecular formula is C17H16FN5O3. The van der Waals surface area contributed by atoms with Gasteiger partial charge in [0.15, 0.2) is 5.82 Å². The van der Waals surface area contributed by atoms with Gasteiger partial charge in [-0.25, -0.2) is 9.18 Å². The van der Waals surface area contributed by atoms with E-state index in [1.807, 2.05) is 0 Å². The molecule has 1 aromatic carbocycles. The average molecular weight is 357 g/mol. The van der Waals surface area contributed by atoms with E-state index < -0.39 is 11.9 Å². The Bertz CT molecular complexity index is 992. The molecule has 1 amide bonds. The van der Waals surface area contributed by atoms with Gasteiger partial charge in [-0.05, 0) is 13.0 Å². The minimum Gasteiger partial charge on any atom is -0.478 e. The number of amides is 1. The van der Waals surface area contributed by atoms with Crippen LogP contribution in [0, 0.1) is 12.7 Å². The molecule has 0 spiro atoms. The van der Waals surface area contributed by atoms with Gasteiger partial charge in [0.25, 0.3) is 5.91 Å². The van der Waals surface area contributed by atoms with E-state index in [1.54, 1.807) is 35.9 Å². The number of halogens is 1. The molecule has 3 aromatic rings. The van der Waals surface area contributed by atoms with E-state index in [0.29, 0.717) is 11.3 Å². The summed E-state index contributed by atoms with van der Waals surface area (Å²) in [6.45, 7) is 1.98. The summed E-state index contributed by atoms with van der Waals surface area (Å²) < 4.78 is 16.5. The molecule has 0 aliphatic rings. The van der Waals surface area contributed by atoms with Crippen LogP contribution in [0.5, 0.6) is 0 Å². The maximum absolute atomic E-state index is 13.8. The maximum atomic E-state index is 13.8. The Morgan fingerprint density at radius 3 is 2.73 bits per heavy atom. The van der Waals surface area contributed by atoms with Crippen molar-refractivity contribution in [1.82, 2.24) is 19.6 Å². The van der Waals surface area contributed by atoms with Crippen molar-refractivity contribution < 1.29 is 19.1 Å². The Morgan fingerprint density at radius 2 is 2.04 bits per heavy atom. The van der Waals surface area contributed by atoms with Gasteiger partial charge >= 0.3 is 5.97 Å². The number of carboxylic acids is 1. The molecule has 134 valence electrons. The molecular weight excluding hydrogens is 341 g/mol. The highest BCUT2D eigenvalue weighted by Gasteiger charge is 2.22. The first-order valence-electron chi connectivity index (χ1n) is 7.71. The fraction of sp³-hybridized carbons (Fsp3) is 0.176. The second-order valence-electron chi connectivity index (χ2n) is 5.71. The summed E-state index contributed by atoms with van der Waals surface area (Å²) in [4.78, 5) is 23.6. The number of carboxylic acid groups (broad SMARTS) is 1. The molecule has 0 fully saturated rings. The SMILES string of the molecule is Cc1cc(NC(=O)c2c(C(=O)O)cnn2C)nn1Cc1ccccc1F. The van der Waals surface area contributed by atoms with Crippen LogP contribution in [-0.4, -0.2) is 36.5 Å². The molecule has 0 bridgehead atoms. The van der Waals surface area contributed by atoms with Crippen LogP contribution in [0.15, 0.2) is 36.5 Å². The van der Waals surface area contributed by atoms with Crippen LogP contribution in [0.3, 0.4) is 0 Å². The largest absolute Gasteiger partial charge is 0.478 e. The van der Waals surface area contributed by atoms with Crippen molar-refractivity contribution >= 4 is 17.7 Å². The lowest BCUT2D eigenvalue weighted by molar-refractivity contribution is 0.0692. The highest BCUT2D eigenvalue weighted by Crippen LogP contribution is 2.15. The molecule has 0 unspecified atom stereocenters. The number of aromatic nitrogens is 4. The highest BCUT2D eigenvalue weighted by atomic mass is 19.1. The fourth-order valence-electron chi connectivity index (χ4n) is 2.56. The molecule has 2 N–H and O–H groups in total. The van der Waals surface area contributed by atoms with E-state index in [9.17, 15) is 14.0 Å². The molecule has 2 heterocycles. The van der Waals surface area contributed by atoms with E-state index in [0.717, 1.165) is 6.20 Å². The van der Waals surface area contributed by atoms with Crippen LogP contribution in [-0.2, 0) is 13.6 Å². The molecule has 2 aromatic heterocycles. The van der Waals surface area contributed by atoms with Gasteiger partial charge in [-0.15, -0.1) is 0 Å². The standard InChI is InChI=1S/C17H16FN5O3/c1-10-7-14(21-23(10)9-11-5-3-4-6-13(11)18)20-16(24)15-12(17(25)26)8-19-22(15)2/h3-8H,9H2,1-2H3,(H,25,26)(H,20,21,24). The van der Waals surface area contributed by atoms with Crippen LogP contribution in [0.1, 0.15) is 32.1 Å². The van der Waals surface area contributed by atoms with Crippen molar-refractivity contribution in [1.29, 1.82) is 0 Å². The Morgan fingerprint density at radius 1 is 1.31 bits per heavy atom. The fourth-order valence-corrected chi connectivity index (χ4v) is 2.56. The van der Waals surface area contributed by atoms with E-state index in [2.05, 4.69) is 15.5 Å². The predicted molar refractivity (Wildman–Crippen MR) is 90.6 cm³/mol. The van der Waals surface area contributed by atoms with Crippen LogP contribution in [0.2, 0.25) is 0 Å². The van der Waals surface area contributed by atoms with Crippen molar-refractivity contribution in [3.63, 3.8) is 0 Å². The van der Waals surface area contributed by atoms with E-state index in [1.165, 1.54) is 17.8 Å². The van der Waals surface area contributed by atoms with Crippen molar-refractivity contribution in [2.24, 2.45) is 7.05 Å². The zero-order valence-corrected chi connectivity index (χ0v) is 14.1. The number of anilines is 1. The smallest absolute Gasteiger partial charge is 0.339 e. The summed E-state index contributed by atoms with van der Waals surface area (Å²) in [6, 6.07) is 7.98. The number of carbonyl (C=O) groups is 2. The Balaban J connectivity index is 1.82. The number of nitrogens with one attached hydrogen (secondary N) is 1. The summed E-state index contributed by atoms with van der Waals surface area (Å²) in [6.07, 6.45) is 1.11. The number of hydrogen-bond acceptors (Lipinski definition) is 4. The van der Waals surface area contributed by atoms with Gasteiger partial charge in [-0.2, -0.15) is 10.2 Å². The molecule has 0 aliphatic carbocycles. The van der Waals surface area contributed by atoms with Gasteiger partial charge < -0.3 is 10.4 Å². The summed E-state index contributed by atoms with van der Waals surface area (Å²) in [5.41, 5.74) is 0.898. The molecule has 0 radical (unpaired) electrons. The lowest BCUT2D eigenvalue weighted by atomic mass is 10.2. The number of rotatable bonds is 5. The number of aromatic carboxylic acids is 1. The number of nitrogens with zero attached hydrogens (tertiary/aromatic N) is 4. The third-order valence-corrected chi connectivity index (χ3v) is 3.88. The second kappa shape index (κ2) is 6.79. The Labute approximate surface area is 147 Å². The summed E-state index contributed by atoms with van der Waals surface area (Å²) in [5.74, 6) is -1.99. The van der Waals surface area contributed by atoms with Crippen molar-refractivity contribution in [2.45, 2.75) is 13.5 Å². The topological polar surface area (TPSA) is 102 Å². The number of benzene rings is 1. The van der Waals surface area contributed by atoms with Crippen molar-refractivity contribution in [3.05, 3.63) is 64.9 Å². The molecule has 3 rings (SSSR count). The normalized spacial score (nSPS) is 10.7. The zero-order chi connectivity index (χ0) is 18.8. The van der Waals surface area contributed by atoms with Gasteiger partial charge in [-0.3, -0.25) is 14.2 Å². The maximum Gasteiger partial charge on any atom is 0.339 e. The van der Waals surface area contributed by atoms with Gasteiger partial charge in [0.05, 0.1) is 12.7 Å². The van der Waals surface area contributed by atoms with Crippen LogP contribution in [0.4, 0.5) is 10.2 Å². The minimum atomic E-state index is -1.25.